The number of esters is 1. The number of nitrogens with zero attached hydrogens (tertiary/aromatic N) is 1. The van der Waals surface area contributed by atoms with Crippen LogP contribution in [0.5, 0.6) is 0 Å². The Hall–Kier alpha value is -0.570. The molecule has 0 spiro atoms. The minimum atomic E-state index is -0.0649. The molecule has 0 aromatic carbocycles. The van der Waals surface area contributed by atoms with Gasteiger partial charge in [0.15, 0.2) is 0 Å². The summed E-state index contributed by atoms with van der Waals surface area (Å²) in [5, 5.41) is 0. The molecule has 3 heteroatoms. The van der Waals surface area contributed by atoms with E-state index in [4.69, 9.17) is 4.74 Å². The number of cyclic esters (lactones) is 1. The van der Waals surface area contributed by atoms with Crippen LogP contribution in [0.2, 0.25) is 0 Å². The topological polar surface area (TPSA) is 29.5 Å². The molecule has 0 aromatic rings. The van der Waals surface area contributed by atoms with E-state index in [1.54, 1.807) is 0 Å². The summed E-state index contributed by atoms with van der Waals surface area (Å²) in [4.78, 5) is 12.8. The molecule has 1 atom stereocenters. The molecule has 58 valence electrons. The van der Waals surface area contributed by atoms with E-state index >= 15 is 0 Å². The van der Waals surface area contributed by atoms with Gasteiger partial charge < -0.3 is 9.64 Å². The van der Waals surface area contributed by atoms with Gasteiger partial charge in [-0.2, -0.15) is 0 Å². The Balaban J connectivity index is 2.39. The second-order valence-electron chi connectivity index (χ2n) is 2.83. The van der Waals surface area contributed by atoms with Crippen LogP contribution in [-0.4, -0.2) is 37.6 Å². The monoisotopic (exact) mass is 143 g/mol. The molecule has 1 aliphatic rings. The normalized spacial score (nSPS) is 26.7. The highest BCUT2D eigenvalue weighted by molar-refractivity contribution is 5.70. The molecular formula is C7H13NO2. The summed E-state index contributed by atoms with van der Waals surface area (Å²) in [6, 6.07) is 0.390. The van der Waals surface area contributed by atoms with Crippen LogP contribution in [0.3, 0.4) is 0 Å². The Morgan fingerprint density at radius 2 is 2.30 bits per heavy atom. The second kappa shape index (κ2) is 3.01. The van der Waals surface area contributed by atoms with Gasteiger partial charge in [0.25, 0.3) is 0 Å². The predicted octanol–water partition coefficient (Wildman–Crippen LogP) is 0.254. The van der Waals surface area contributed by atoms with Crippen LogP contribution in [0.4, 0.5) is 0 Å². The molecule has 3 nitrogen and oxygen atoms in total. The predicted molar refractivity (Wildman–Crippen MR) is 37.7 cm³/mol. The van der Waals surface area contributed by atoms with E-state index < -0.39 is 0 Å². The highest BCUT2D eigenvalue weighted by Crippen LogP contribution is 2.11. The molecule has 0 aromatic heterocycles. The quantitative estimate of drug-likeness (QED) is 0.493. The molecule has 1 rings (SSSR count). The Labute approximate surface area is 61.0 Å². The highest BCUT2D eigenvalue weighted by Gasteiger charge is 2.21. The first kappa shape index (κ1) is 7.54. The average molecular weight is 143 g/mol. The summed E-state index contributed by atoms with van der Waals surface area (Å²) in [5.74, 6) is -0.0649. The molecule has 1 unspecified atom stereocenters. The standard InChI is InChI=1S/C7H13NO2/c1-8(2)6-3-4-10-7(9)5-6/h6H,3-5H2,1-2H3. The minimum absolute atomic E-state index is 0.0649. The van der Waals surface area contributed by atoms with Crippen LogP contribution in [0.25, 0.3) is 0 Å². The van der Waals surface area contributed by atoms with E-state index in [9.17, 15) is 4.79 Å². The summed E-state index contributed by atoms with van der Waals surface area (Å²) in [5.41, 5.74) is 0. The molecule has 0 bridgehead atoms. The van der Waals surface area contributed by atoms with E-state index in [1.807, 2.05) is 14.1 Å². The first-order valence-corrected chi connectivity index (χ1v) is 3.52. The number of carbonyl (C=O) groups excluding carboxylic acids is 1. The first-order chi connectivity index (χ1) is 4.70. The van der Waals surface area contributed by atoms with E-state index in [0.717, 1.165) is 6.42 Å². The maximum absolute atomic E-state index is 10.7. The van der Waals surface area contributed by atoms with Crippen molar-refractivity contribution < 1.29 is 9.53 Å². The Morgan fingerprint density at radius 3 is 2.70 bits per heavy atom. The van der Waals surface area contributed by atoms with Crippen LogP contribution >= 0.6 is 0 Å². The van der Waals surface area contributed by atoms with Crippen LogP contribution in [0.15, 0.2) is 0 Å². The molecular weight excluding hydrogens is 130 g/mol. The van der Waals surface area contributed by atoms with Gasteiger partial charge in [-0.3, -0.25) is 4.79 Å². The SMILES string of the molecule is CN(C)C1CCOC(=O)C1. The third-order valence-electron chi connectivity index (χ3n) is 1.85. The summed E-state index contributed by atoms with van der Waals surface area (Å²) in [7, 11) is 3.98. The molecule has 1 heterocycles. The average Bonchev–Trinajstić information content (AvgIpc) is 1.88. The summed E-state index contributed by atoms with van der Waals surface area (Å²) < 4.78 is 4.79. The summed E-state index contributed by atoms with van der Waals surface area (Å²) in [6.45, 7) is 0.585. The van der Waals surface area contributed by atoms with E-state index in [0.29, 0.717) is 19.1 Å². The number of carbonyl (C=O) groups is 1. The van der Waals surface area contributed by atoms with Crippen LogP contribution in [-0.2, 0) is 9.53 Å². The van der Waals surface area contributed by atoms with Gasteiger partial charge in [0.2, 0.25) is 0 Å². The maximum atomic E-state index is 10.7. The van der Waals surface area contributed by atoms with Crippen molar-refractivity contribution in [1.82, 2.24) is 4.90 Å². The van der Waals surface area contributed by atoms with Crippen molar-refractivity contribution >= 4 is 5.97 Å². The third-order valence-corrected chi connectivity index (χ3v) is 1.85. The maximum Gasteiger partial charge on any atom is 0.307 e. The lowest BCUT2D eigenvalue weighted by atomic mass is 10.1. The zero-order chi connectivity index (χ0) is 7.56. The van der Waals surface area contributed by atoms with Gasteiger partial charge in [0, 0.05) is 6.04 Å². The molecule has 1 fully saturated rings. The number of hydrogen-bond donors (Lipinski definition) is 0. The molecule has 0 amide bonds. The second-order valence-corrected chi connectivity index (χ2v) is 2.83. The van der Waals surface area contributed by atoms with Crippen molar-refractivity contribution in [3.63, 3.8) is 0 Å². The highest BCUT2D eigenvalue weighted by atomic mass is 16.5. The lowest BCUT2D eigenvalue weighted by Crippen LogP contribution is -2.35. The number of ether oxygens (including phenoxy) is 1. The number of rotatable bonds is 1. The van der Waals surface area contributed by atoms with Crippen LogP contribution < -0.4 is 0 Å². The zero-order valence-corrected chi connectivity index (χ0v) is 6.46. The van der Waals surface area contributed by atoms with Gasteiger partial charge in [-0.05, 0) is 20.5 Å². The van der Waals surface area contributed by atoms with Crippen molar-refractivity contribution in [2.24, 2.45) is 0 Å². The minimum Gasteiger partial charge on any atom is -0.466 e. The van der Waals surface area contributed by atoms with Crippen LogP contribution in [0, 0.1) is 0 Å². The smallest absolute Gasteiger partial charge is 0.307 e. The van der Waals surface area contributed by atoms with Crippen molar-refractivity contribution in [2.45, 2.75) is 18.9 Å². The Kier molecular flexibility index (Phi) is 2.27. The third kappa shape index (κ3) is 1.70. The van der Waals surface area contributed by atoms with E-state index in [2.05, 4.69) is 4.90 Å². The largest absolute Gasteiger partial charge is 0.466 e. The Bertz CT molecular complexity index is 134. The molecule has 1 saturated heterocycles. The van der Waals surface area contributed by atoms with E-state index in [1.165, 1.54) is 0 Å². The molecule has 0 saturated carbocycles. The molecule has 0 radical (unpaired) electrons. The van der Waals surface area contributed by atoms with Crippen molar-refractivity contribution in [1.29, 1.82) is 0 Å². The van der Waals surface area contributed by atoms with Gasteiger partial charge in [-0.1, -0.05) is 0 Å². The molecule has 10 heavy (non-hydrogen) atoms. The Morgan fingerprint density at radius 1 is 1.60 bits per heavy atom. The lowest BCUT2D eigenvalue weighted by molar-refractivity contribution is -0.149. The fraction of sp³-hybridized carbons (Fsp3) is 0.857. The van der Waals surface area contributed by atoms with E-state index in [-0.39, 0.29) is 5.97 Å². The fourth-order valence-corrected chi connectivity index (χ4v) is 1.10. The van der Waals surface area contributed by atoms with Gasteiger partial charge >= 0.3 is 5.97 Å². The van der Waals surface area contributed by atoms with Gasteiger partial charge in [-0.15, -0.1) is 0 Å². The zero-order valence-electron chi connectivity index (χ0n) is 6.46. The van der Waals surface area contributed by atoms with Gasteiger partial charge in [0.05, 0.1) is 13.0 Å². The summed E-state index contributed by atoms with van der Waals surface area (Å²) >= 11 is 0. The first-order valence-electron chi connectivity index (χ1n) is 3.52. The van der Waals surface area contributed by atoms with Crippen LogP contribution in [0.1, 0.15) is 12.8 Å². The van der Waals surface area contributed by atoms with Crippen molar-refractivity contribution in [2.75, 3.05) is 20.7 Å². The molecule has 0 aliphatic carbocycles. The molecule has 0 N–H and O–H groups in total. The summed E-state index contributed by atoms with van der Waals surface area (Å²) in [6.07, 6.45) is 1.52. The van der Waals surface area contributed by atoms with Crippen molar-refractivity contribution in [3.8, 4) is 0 Å². The van der Waals surface area contributed by atoms with Gasteiger partial charge in [0.1, 0.15) is 0 Å². The van der Waals surface area contributed by atoms with Gasteiger partial charge in [-0.25, -0.2) is 0 Å². The fourth-order valence-electron chi connectivity index (χ4n) is 1.10. The molecule has 1 aliphatic heterocycles. The van der Waals surface area contributed by atoms with Crippen molar-refractivity contribution in [3.05, 3.63) is 0 Å². The lowest BCUT2D eigenvalue weighted by Gasteiger charge is -2.26. The number of hydrogen-bond acceptors (Lipinski definition) is 3.